The summed E-state index contributed by atoms with van der Waals surface area (Å²) in [4.78, 5) is 8.42. The standard InChI is InChI=1S/C10H14N2/c1-7(2)9-5-11-6-12-10(9)8-3-4-8/h5-8H,3-4H2,1-2H3. The van der Waals surface area contributed by atoms with Gasteiger partial charge >= 0.3 is 0 Å². The smallest absolute Gasteiger partial charge is 0.115 e. The summed E-state index contributed by atoms with van der Waals surface area (Å²) >= 11 is 0. The second-order valence-electron chi connectivity index (χ2n) is 3.79. The van der Waals surface area contributed by atoms with Crippen molar-refractivity contribution in [1.29, 1.82) is 0 Å². The molecule has 0 saturated heterocycles. The van der Waals surface area contributed by atoms with Crippen LogP contribution in [0.4, 0.5) is 0 Å². The lowest BCUT2D eigenvalue weighted by molar-refractivity contribution is 0.805. The van der Waals surface area contributed by atoms with Crippen molar-refractivity contribution in [3.63, 3.8) is 0 Å². The van der Waals surface area contributed by atoms with Gasteiger partial charge in [0.2, 0.25) is 0 Å². The summed E-state index contributed by atoms with van der Waals surface area (Å²) in [5, 5.41) is 0. The molecule has 0 unspecified atom stereocenters. The third-order valence-electron chi connectivity index (χ3n) is 2.36. The molecule has 1 aromatic rings. The van der Waals surface area contributed by atoms with Crippen LogP contribution in [0.5, 0.6) is 0 Å². The minimum absolute atomic E-state index is 0.557. The van der Waals surface area contributed by atoms with Crippen LogP contribution in [-0.4, -0.2) is 9.97 Å². The van der Waals surface area contributed by atoms with Crippen LogP contribution >= 0.6 is 0 Å². The lowest BCUT2D eigenvalue weighted by Gasteiger charge is -2.08. The van der Waals surface area contributed by atoms with Crippen molar-refractivity contribution in [2.24, 2.45) is 0 Å². The maximum atomic E-state index is 4.35. The maximum Gasteiger partial charge on any atom is 0.115 e. The van der Waals surface area contributed by atoms with Crippen LogP contribution in [0.15, 0.2) is 12.5 Å². The van der Waals surface area contributed by atoms with E-state index >= 15 is 0 Å². The second-order valence-corrected chi connectivity index (χ2v) is 3.79. The Hall–Kier alpha value is -0.920. The number of rotatable bonds is 2. The van der Waals surface area contributed by atoms with E-state index < -0.39 is 0 Å². The van der Waals surface area contributed by atoms with Gasteiger partial charge in [0.25, 0.3) is 0 Å². The van der Waals surface area contributed by atoms with E-state index in [9.17, 15) is 0 Å². The van der Waals surface area contributed by atoms with Crippen molar-refractivity contribution in [2.45, 2.75) is 38.5 Å². The molecule has 12 heavy (non-hydrogen) atoms. The van der Waals surface area contributed by atoms with Gasteiger partial charge in [-0.25, -0.2) is 9.97 Å². The molecule has 0 N–H and O–H groups in total. The highest BCUT2D eigenvalue weighted by molar-refractivity contribution is 5.26. The molecule has 0 atom stereocenters. The molecule has 1 aliphatic rings. The van der Waals surface area contributed by atoms with E-state index in [-0.39, 0.29) is 0 Å². The molecule has 2 rings (SSSR count). The van der Waals surface area contributed by atoms with Crippen LogP contribution in [0, 0.1) is 0 Å². The predicted molar refractivity (Wildman–Crippen MR) is 48.1 cm³/mol. The molecule has 0 aromatic carbocycles. The van der Waals surface area contributed by atoms with Crippen molar-refractivity contribution in [3.05, 3.63) is 23.8 Å². The highest BCUT2D eigenvalue weighted by atomic mass is 14.8. The summed E-state index contributed by atoms with van der Waals surface area (Å²) < 4.78 is 0. The molecule has 1 heterocycles. The number of nitrogens with zero attached hydrogens (tertiary/aromatic N) is 2. The summed E-state index contributed by atoms with van der Waals surface area (Å²) in [6.07, 6.45) is 6.26. The monoisotopic (exact) mass is 162 g/mol. The van der Waals surface area contributed by atoms with Gasteiger partial charge in [-0.1, -0.05) is 13.8 Å². The Labute approximate surface area is 73.1 Å². The highest BCUT2D eigenvalue weighted by Crippen LogP contribution is 2.41. The van der Waals surface area contributed by atoms with Crippen molar-refractivity contribution >= 4 is 0 Å². The SMILES string of the molecule is CC(C)c1cncnc1C1CC1. The van der Waals surface area contributed by atoms with E-state index in [1.807, 2.05) is 6.20 Å². The Kier molecular flexibility index (Phi) is 1.83. The summed E-state index contributed by atoms with van der Waals surface area (Å²) in [7, 11) is 0. The van der Waals surface area contributed by atoms with Crippen LogP contribution < -0.4 is 0 Å². The van der Waals surface area contributed by atoms with Gasteiger partial charge in [-0.15, -0.1) is 0 Å². The molecule has 0 bridgehead atoms. The van der Waals surface area contributed by atoms with Crippen LogP contribution in [0.1, 0.15) is 49.8 Å². The maximum absolute atomic E-state index is 4.35. The van der Waals surface area contributed by atoms with Gasteiger partial charge in [-0.3, -0.25) is 0 Å². The van der Waals surface area contributed by atoms with Gasteiger partial charge < -0.3 is 0 Å². The third-order valence-corrected chi connectivity index (χ3v) is 2.36. The van der Waals surface area contributed by atoms with Crippen LogP contribution in [0.3, 0.4) is 0 Å². The van der Waals surface area contributed by atoms with Gasteiger partial charge in [0.05, 0.1) is 5.69 Å². The van der Waals surface area contributed by atoms with E-state index in [4.69, 9.17) is 0 Å². The van der Waals surface area contributed by atoms with Crippen molar-refractivity contribution in [1.82, 2.24) is 9.97 Å². The normalized spacial score (nSPS) is 16.9. The molecule has 1 aromatic heterocycles. The molecule has 1 aliphatic carbocycles. The summed E-state index contributed by atoms with van der Waals surface area (Å²) in [6, 6.07) is 0. The number of hydrogen-bond donors (Lipinski definition) is 0. The average molecular weight is 162 g/mol. The quantitative estimate of drug-likeness (QED) is 0.667. The minimum atomic E-state index is 0.557. The molecular formula is C10H14N2. The molecule has 64 valence electrons. The first kappa shape index (κ1) is 7.71. The largest absolute Gasteiger partial charge is 0.245 e. The molecule has 1 saturated carbocycles. The first-order chi connectivity index (χ1) is 5.79. The van der Waals surface area contributed by atoms with Crippen LogP contribution in [0.2, 0.25) is 0 Å². The number of aromatic nitrogens is 2. The van der Waals surface area contributed by atoms with E-state index in [0.717, 1.165) is 5.92 Å². The lowest BCUT2D eigenvalue weighted by atomic mass is 10.0. The molecule has 0 aliphatic heterocycles. The van der Waals surface area contributed by atoms with Crippen LogP contribution in [-0.2, 0) is 0 Å². The molecule has 0 amide bonds. The summed E-state index contributed by atoms with van der Waals surface area (Å²) in [5.41, 5.74) is 2.63. The molecular weight excluding hydrogens is 148 g/mol. The zero-order valence-corrected chi connectivity index (χ0v) is 7.62. The second kappa shape index (κ2) is 2.85. The van der Waals surface area contributed by atoms with E-state index in [0.29, 0.717) is 5.92 Å². The van der Waals surface area contributed by atoms with Crippen molar-refractivity contribution < 1.29 is 0 Å². The van der Waals surface area contributed by atoms with E-state index in [1.54, 1.807) is 6.33 Å². The fourth-order valence-corrected chi connectivity index (χ4v) is 1.49. The van der Waals surface area contributed by atoms with Gasteiger partial charge in [-0.05, 0) is 24.3 Å². The molecule has 0 radical (unpaired) electrons. The Morgan fingerprint density at radius 1 is 1.42 bits per heavy atom. The first-order valence-corrected chi connectivity index (χ1v) is 4.59. The Morgan fingerprint density at radius 3 is 2.75 bits per heavy atom. The third kappa shape index (κ3) is 1.33. The first-order valence-electron chi connectivity index (χ1n) is 4.59. The minimum Gasteiger partial charge on any atom is -0.245 e. The average Bonchev–Trinajstić information content (AvgIpc) is 2.87. The Balaban J connectivity index is 2.36. The van der Waals surface area contributed by atoms with Crippen LogP contribution in [0.25, 0.3) is 0 Å². The van der Waals surface area contributed by atoms with Gasteiger partial charge in [0.1, 0.15) is 6.33 Å². The van der Waals surface area contributed by atoms with Gasteiger partial charge in [-0.2, -0.15) is 0 Å². The van der Waals surface area contributed by atoms with Crippen molar-refractivity contribution in [2.75, 3.05) is 0 Å². The van der Waals surface area contributed by atoms with Gasteiger partial charge in [0.15, 0.2) is 0 Å². The molecule has 2 heteroatoms. The molecule has 1 fully saturated rings. The zero-order chi connectivity index (χ0) is 8.55. The lowest BCUT2D eigenvalue weighted by Crippen LogP contribution is -1.98. The Bertz CT molecular complexity index is 256. The van der Waals surface area contributed by atoms with Gasteiger partial charge in [0, 0.05) is 12.1 Å². The molecule has 2 nitrogen and oxygen atoms in total. The highest BCUT2D eigenvalue weighted by Gasteiger charge is 2.27. The molecule has 0 spiro atoms. The summed E-state index contributed by atoms with van der Waals surface area (Å²) in [5.74, 6) is 1.30. The fraction of sp³-hybridized carbons (Fsp3) is 0.600. The zero-order valence-electron chi connectivity index (χ0n) is 7.62. The van der Waals surface area contributed by atoms with E-state index in [1.165, 1.54) is 24.1 Å². The number of hydrogen-bond acceptors (Lipinski definition) is 2. The predicted octanol–water partition coefficient (Wildman–Crippen LogP) is 2.48. The Morgan fingerprint density at radius 2 is 2.17 bits per heavy atom. The topological polar surface area (TPSA) is 25.8 Å². The fourth-order valence-electron chi connectivity index (χ4n) is 1.49. The van der Waals surface area contributed by atoms with Crippen molar-refractivity contribution in [3.8, 4) is 0 Å². The van der Waals surface area contributed by atoms with E-state index in [2.05, 4.69) is 23.8 Å². The summed E-state index contributed by atoms with van der Waals surface area (Å²) in [6.45, 7) is 4.40.